The van der Waals surface area contributed by atoms with E-state index in [1.165, 1.54) is 25.0 Å². The molecule has 1 atom stereocenters. The van der Waals surface area contributed by atoms with Gasteiger partial charge in [0.2, 0.25) is 5.91 Å². The van der Waals surface area contributed by atoms with Crippen LogP contribution >= 0.6 is 11.3 Å². The molecule has 2 aliphatic rings. The Morgan fingerprint density at radius 3 is 3.11 bits per heavy atom. The third-order valence-corrected chi connectivity index (χ3v) is 4.46. The molecule has 4 nitrogen and oxygen atoms in total. The van der Waals surface area contributed by atoms with Gasteiger partial charge in [-0.05, 0) is 32.2 Å². The Hall–Kier alpha value is -0.940. The lowest BCUT2D eigenvalue weighted by Gasteiger charge is -2.09. The molecule has 1 saturated heterocycles. The van der Waals surface area contributed by atoms with Gasteiger partial charge in [-0.25, -0.2) is 4.98 Å². The third kappa shape index (κ3) is 3.09. The average Bonchev–Trinajstić information content (AvgIpc) is 2.90. The molecule has 3 rings (SSSR count). The second kappa shape index (κ2) is 5.36. The highest BCUT2D eigenvalue weighted by Crippen LogP contribution is 2.40. The standard InChI is InChI=1S/C13H19N3OS/c17-12(6-10-2-1-5-14-10)15-7-13-16-11(8-18-13)9-3-4-9/h8-10,14H,1-7H2,(H,15,17). The van der Waals surface area contributed by atoms with Crippen LogP contribution in [-0.4, -0.2) is 23.5 Å². The molecule has 0 aromatic carbocycles. The molecule has 98 valence electrons. The molecule has 0 bridgehead atoms. The summed E-state index contributed by atoms with van der Waals surface area (Å²) in [7, 11) is 0. The molecule has 2 fully saturated rings. The van der Waals surface area contributed by atoms with E-state index in [9.17, 15) is 4.79 Å². The SMILES string of the molecule is O=C(CC1CCCN1)NCc1nc(C2CC2)cs1. The van der Waals surface area contributed by atoms with E-state index in [0.29, 0.717) is 24.9 Å². The largest absolute Gasteiger partial charge is 0.350 e. The van der Waals surface area contributed by atoms with Crippen molar-refractivity contribution in [1.29, 1.82) is 0 Å². The van der Waals surface area contributed by atoms with Gasteiger partial charge >= 0.3 is 0 Å². The maximum absolute atomic E-state index is 11.8. The molecule has 1 aliphatic carbocycles. The van der Waals surface area contributed by atoms with Gasteiger partial charge in [0.25, 0.3) is 0 Å². The molecule has 1 aliphatic heterocycles. The summed E-state index contributed by atoms with van der Waals surface area (Å²) >= 11 is 1.66. The first-order valence-corrected chi connectivity index (χ1v) is 7.63. The zero-order valence-electron chi connectivity index (χ0n) is 10.4. The topological polar surface area (TPSA) is 54.0 Å². The number of amides is 1. The molecule has 1 saturated carbocycles. The first-order valence-electron chi connectivity index (χ1n) is 6.75. The molecule has 0 spiro atoms. The summed E-state index contributed by atoms with van der Waals surface area (Å²) in [4.78, 5) is 16.3. The summed E-state index contributed by atoms with van der Waals surface area (Å²) in [5.41, 5.74) is 1.22. The van der Waals surface area contributed by atoms with E-state index >= 15 is 0 Å². The van der Waals surface area contributed by atoms with Crippen LogP contribution in [0.25, 0.3) is 0 Å². The van der Waals surface area contributed by atoms with Crippen molar-refractivity contribution in [2.24, 2.45) is 0 Å². The molecular formula is C13H19N3OS. The minimum atomic E-state index is 0.137. The Bertz CT molecular complexity index is 422. The van der Waals surface area contributed by atoms with Crippen LogP contribution in [0.15, 0.2) is 5.38 Å². The van der Waals surface area contributed by atoms with Crippen molar-refractivity contribution in [2.45, 2.75) is 50.6 Å². The lowest BCUT2D eigenvalue weighted by Crippen LogP contribution is -2.31. The summed E-state index contributed by atoms with van der Waals surface area (Å²) in [5, 5.41) is 9.48. The normalized spacial score (nSPS) is 23.2. The van der Waals surface area contributed by atoms with Gasteiger partial charge < -0.3 is 10.6 Å². The summed E-state index contributed by atoms with van der Waals surface area (Å²) < 4.78 is 0. The van der Waals surface area contributed by atoms with E-state index in [4.69, 9.17) is 0 Å². The summed E-state index contributed by atoms with van der Waals surface area (Å²) in [6, 6.07) is 0.378. The lowest BCUT2D eigenvalue weighted by atomic mass is 10.1. The number of rotatable bonds is 5. The molecule has 2 N–H and O–H groups in total. The highest BCUT2D eigenvalue weighted by molar-refractivity contribution is 7.09. The van der Waals surface area contributed by atoms with E-state index in [2.05, 4.69) is 21.0 Å². The van der Waals surface area contributed by atoms with Crippen LogP contribution in [0.2, 0.25) is 0 Å². The Balaban J connectivity index is 1.43. The number of carbonyl (C=O) groups is 1. The highest BCUT2D eigenvalue weighted by Gasteiger charge is 2.26. The number of nitrogens with one attached hydrogen (secondary N) is 2. The van der Waals surface area contributed by atoms with Crippen LogP contribution in [0.1, 0.15) is 48.7 Å². The maximum Gasteiger partial charge on any atom is 0.221 e. The fraction of sp³-hybridized carbons (Fsp3) is 0.692. The van der Waals surface area contributed by atoms with Gasteiger partial charge in [0.1, 0.15) is 5.01 Å². The Morgan fingerprint density at radius 2 is 2.39 bits per heavy atom. The minimum Gasteiger partial charge on any atom is -0.350 e. The van der Waals surface area contributed by atoms with E-state index in [0.717, 1.165) is 18.0 Å². The Kier molecular flexibility index (Phi) is 3.61. The smallest absolute Gasteiger partial charge is 0.221 e. The number of aromatic nitrogens is 1. The molecule has 1 aromatic rings. The van der Waals surface area contributed by atoms with Crippen LogP contribution in [0.3, 0.4) is 0 Å². The summed E-state index contributed by atoms with van der Waals surface area (Å²) in [6.07, 6.45) is 5.47. The fourth-order valence-corrected chi connectivity index (χ4v) is 3.19. The zero-order chi connectivity index (χ0) is 12.4. The minimum absolute atomic E-state index is 0.137. The Morgan fingerprint density at radius 1 is 1.50 bits per heavy atom. The number of thiazole rings is 1. The third-order valence-electron chi connectivity index (χ3n) is 3.60. The molecule has 1 amide bonds. The van der Waals surface area contributed by atoms with Crippen LogP contribution < -0.4 is 10.6 Å². The molecule has 2 heterocycles. The summed E-state index contributed by atoms with van der Waals surface area (Å²) in [5.74, 6) is 0.839. The fourth-order valence-electron chi connectivity index (χ4n) is 2.37. The van der Waals surface area contributed by atoms with Crippen LogP contribution in [0.4, 0.5) is 0 Å². The first-order chi connectivity index (χ1) is 8.81. The monoisotopic (exact) mass is 265 g/mol. The number of carbonyl (C=O) groups excluding carboxylic acids is 1. The van der Waals surface area contributed by atoms with Crippen molar-refractivity contribution < 1.29 is 4.79 Å². The lowest BCUT2D eigenvalue weighted by molar-refractivity contribution is -0.121. The van der Waals surface area contributed by atoms with Crippen LogP contribution in [-0.2, 0) is 11.3 Å². The number of hydrogen-bond donors (Lipinski definition) is 2. The highest BCUT2D eigenvalue weighted by atomic mass is 32.1. The van der Waals surface area contributed by atoms with Crippen LogP contribution in [0, 0.1) is 0 Å². The van der Waals surface area contributed by atoms with Crippen molar-refractivity contribution in [3.8, 4) is 0 Å². The second-order valence-electron chi connectivity index (χ2n) is 5.21. The molecule has 1 unspecified atom stereocenters. The molecule has 5 heteroatoms. The zero-order valence-corrected chi connectivity index (χ0v) is 11.3. The van der Waals surface area contributed by atoms with E-state index in [1.807, 2.05) is 0 Å². The summed E-state index contributed by atoms with van der Waals surface area (Å²) in [6.45, 7) is 1.64. The first kappa shape index (κ1) is 12.1. The van der Waals surface area contributed by atoms with Gasteiger partial charge in [-0.2, -0.15) is 0 Å². The van der Waals surface area contributed by atoms with Crippen molar-refractivity contribution in [2.75, 3.05) is 6.54 Å². The van der Waals surface area contributed by atoms with Crippen molar-refractivity contribution in [3.05, 3.63) is 16.1 Å². The molecule has 18 heavy (non-hydrogen) atoms. The number of nitrogens with zero attached hydrogens (tertiary/aromatic N) is 1. The van der Waals surface area contributed by atoms with Crippen LogP contribution in [0.5, 0.6) is 0 Å². The van der Waals surface area contributed by atoms with Crippen molar-refractivity contribution >= 4 is 17.2 Å². The van der Waals surface area contributed by atoms with E-state index in [-0.39, 0.29) is 5.91 Å². The maximum atomic E-state index is 11.8. The van der Waals surface area contributed by atoms with Gasteiger partial charge in [0.15, 0.2) is 0 Å². The average molecular weight is 265 g/mol. The van der Waals surface area contributed by atoms with Crippen molar-refractivity contribution in [3.63, 3.8) is 0 Å². The van der Waals surface area contributed by atoms with E-state index in [1.54, 1.807) is 11.3 Å². The number of hydrogen-bond acceptors (Lipinski definition) is 4. The van der Waals surface area contributed by atoms with Gasteiger partial charge in [-0.1, -0.05) is 0 Å². The van der Waals surface area contributed by atoms with Gasteiger partial charge in [0, 0.05) is 23.8 Å². The molecular weight excluding hydrogens is 246 g/mol. The van der Waals surface area contributed by atoms with E-state index < -0.39 is 0 Å². The second-order valence-corrected chi connectivity index (χ2v) is 6.16. The molecule has 0 radical (unpaired) electrons. The quantitative estimate of drug-likeness (QED) is 0.853. The Labute approximate surface area is 111 Å². The van der Waals surface area contributed by atoms with Gasteiger partial charge in [-0.15, -0.1) is 11.3 Å². The van der Waals surface area contributed by atoms with Gasteiger partial charge in [0.05, 0.1) is 12.2 Å². The van der Waals surface area contributed by atoms with Crippen molar-refractivity contribution in [1.82, 2.24) is 15.6 Å². The predicted octanol–water partition coefficient (Wildman–Crippen LogP) is 1.78. The van der Waals surface area contributed by atoms with Gasteiger partial charge in [-0.3, -0.25) is 4.79 Å². The predicted molar refractivity (Wildman–Crippen MR) is 71.6 cm³/mol. The molecule has 1 aromatic heterocycles.